The van der Waals surface area contributed by atoms with E-state index in [1.54, 1.807) is 0 Å². The molecule has 0 radical (unpaired) electrons. The Morgan fingerprint density at radius 2 is 1.05 bits per heavy atom. The fourth-order valence-corrected chi connectivity index (χ4v) is 10.8. The number of aromatic nitrogens is 2. The van der Waals surface area contributed by atoms with Gasteiger partial charge in [-0.05, 0) is 132 Å². The third-order valence-electron chi connectivity index (χ3n) is 12.2. The van der Waals surface area contributed by atoms with Gasteiger partial charge in [-0.15, -0.1) is 11.3 Å². The largest absolute Gasteiger partial charge is 0.313 e. The molecular formula is C55H38N2S. The molecule has 274 valence electrons. The maximum Gasteiger partial charge on any atom is 0.0541 e. The van der Waals surface area contributed by atoms with Crippen LogP contribution in [0.25, 0.3) is 109 Å². The van der Waals surface area contributed by atoms with Gasteiger partial charge < -0.3 is 9.13 Å². The summed E-state index contributed by atoms with van der Waals surface area (Å²) in [7, 11) is 0. The fourth-order valence-electron chi connectivity index (χ4n) is 9.55. The van der Waals surface area contributed by atoms with Gasteiger partial charge in [0.05, 0.1) is 22.1 Å². The molecule has 1 aliphatic rings. The highest BCUT2D eigenvalue weighted by molar-refractivity contribution is 7.26. The lowest BCUT2D eigenvalue weighted by atomic mass is 9.94. The highest BCUT2D eigenvalue weighted by atomic mass is 32.1. The standard InChI is InChI=1S/C55H38N2S/c1-35-29-39(36-23-26-51-47(32-36)44-17-8-10-21-50(44)56(51)41-13-4-2-5-14-41)31-40(30-35)37-24-27-52-48(33-37)49-34-38(25-28-53(49)57(52)42-15-6-3-7-16-42)43-19-12-20-46-45-18-9-11-22-54(45)58-55(43)46/h2-4,6-13,15-34H,5,14H2,1H3. The molecule has 11 aromatic rings. The highest BCUT2D eigenvalue weighted by Crippen LogP contribution is 2.43. The van der Waals surface area contributed by atoms with Gasteiger partial charge >= 0.3 is 0 Å². The van der Waals surface area contributed by atoms with Crippen LogP contribution in [0.15, 0.2) is 188 Å². The molecule has 8 aromatic carbocycles. The van der Waals surface area contributed by atoms with Crippen molar-refractivity contribution < 1.29 is 0 Å². The van der Waals surface area contributed by atoms with Gasteiger partial charge in [0.1, 0.15) is 0 Å². The van der Waals surface area contributed by atoms with Crippen molar-refractivity contribution in [3.05, 3.63) is 194 Å². The van der Waals surface area contributed by atoms with Gasteiger partial charge in [-0.3, -0.25) is 0 Å². The Morgan fingerprint density at radius 1 is 0.448 bits per heavy atom. The van der Waals surface area contributed by atoms with Gasteiger partial charge in [0, 0.05) is 53.1 Å². The Kier molecular flexibility index (Phi) is 7.48. The maximum absolute atomic E-state index is 2.47. The molecule has 3 heteroatoms. The van der Waals surface area contributed by atoms with E-state index in [-0.39, 0.29) is 0 Å². The van der Waals surface area contributed by atoms with Crippen LogP contribution in [0.2, 0.25) is 0 Å². The number of allylic oxidation sites excluding steroid dienone is 4. The van der Waals surface area contributed by atoms with Crippen molar-refractivity contribution in [2.45, 2.75) is 19.8 Å². The summed E-state index contributed by atoms with van der Waals surface area (Å²) < 4.78 is 7.56. The van der Waals surface area contributed by atoms with E-state index >= 15 is 0 Å². The third kappa shape index (κ3) is 5.17. The minimum absolute atomic E-state index is 1.05. The summed E-state index contributed by atoms with van der Waals surface area (Å²) in [6.45, 7) is 2.22. The molecule has 0 fully saturated rings. The van der Waals surface area contributed by atoms with Crippen LogP contribution in [0.1, 0.15) is 18.4 Å². The topological polar surface area (TPSA) is 9.86 Å². The molecule has 1 aliphatic carbocycles. The molecule has 0 atom stereocenters. The Morgan fingerprint density at radius 3 is 1.79 bits per heavy atom. The Hall–Kier alpha value is -6.94. The van der Waals surface area contributed by atoms with E-state index in [2.05, 4.69) is 204 Å². The van der Waals surface area contributed by atoms with E-state index in [1.165, 1.54) is 114 Å². The fraction of sp³-hybridized carbons (Fsp3) is 0.0545. The SMILES string of the molecule is Cc1cc(-c2ccc3c(c2)c2ccccc2n3C2=CC=CCC2)cc(-c2ccc3c(c2)c2cc(-c4cccc5c4sc4ccccc45)ccc2n3-c2ccccc2)c1. The van der Waals surface area contributed by atoms with E-state index < -0.39 is 0 Å². The summed E-state index contributed by atoms with van der Waals surface area (Å²) in [4.78, 5) is 0. The first-order valence-electron chi connectivity index (χ1n) is 20.2. The summed E-state index contributed by atoms with van der Waals surface area (Å²) in [5.74, 6) is 0. The zero-order valence-corrected chi connectivity index (χ0v) is 32.9. The lowest BCUT2D eigenvalue weighted by Gasteiger charge is -2.14. The van der Waals surface area contributed by atoms with Crippen molar-refractivity contribution in [2.75, 3.05) is 0 Å². The van der Waals surface area contributed by atoms with Gasteiger partial charge in [0.15, 0.2) is 0 Å². The summed E-state index contributed by atoms with van der Waals surface area (Å²) in [6.07, 6.45) is 8.86. The Bertz CT molecular complexity index is 3520. The van der Waals surface area contributed by atoms with Crippen LogP contribution in [0, 0.1) is 6.92 Å². The molecule has 0 aliphatic heterocycles. The van der Waals surface area contributed by atoms with Crippen molar-refractivity contribution in [1.29, 1.82) is 0 Å². The monoisotopic (exact) mass is 758 g/mol. The smallest absolute Gasteiger partial charge is 0.0541 e. The van der Waals surface area contributed by atoms with E-state index in [0.717, 1.165) is 12.8 Å². The third-order valence-corrected chi connectivity index (χ3v) is 13.4. The summed E-state index contributed by atoms with van der Waals surface area (Å²) in [5.41, 5.74) is 16.2. The number of nitrogens with zero attached hydrogens (tertiary/aromatic N) is 2. The minimum Gasteiger partial charge on any atom is -0.313 e. The lowest BCUT2D eigenvalue weighted by molar-refractivity contribution is 0.979. The average Bonchev–Trinajstić information content (AvgIpc) is 3.94. The normalized spacial score (nSPS) is 13.2. The second-order valence-electron chi connectivity index (χ2n) is 15.7. The van der Waals surface area contributed by atoms with Crippen LogP contribution in [-0.4, -0.2) is 9.13 Å². The quantitative estimate of drug-likeness (QED) is 0.165. The van der Waals surface area contributed by atoms with Crippen molar-refractivity contribution in [2.24, 2.45) is 0 Å². The zero-order chi connectivity index (χ0) is 38.3. The molecular weight excluding hydrogens is 721 g/mol. The van der Waals surface area contributed by atoms with E-state index in [0.29, 0.717) is 0 Å². The Balaban J connectivity index is 1.02. The number of thiophene rings is 1. The molecule has 3 aromatic heterocycles. The molecule has 0 N–H and O–H groups in total. The van der Waals surface area contributed by atoms with E-state index in [4.69, 9.17) is 0 Å². The van der Waals surface area contributed by atoms with Crippen molar-refractivity contribution in [3.63, 3.8) is 0 Å². The summed E-state index contributed by atoms with van der Waals surface area (Å²) in [6, 6.07) is 63.4. The van der Waals surface area contributed by atoms with Gasteiger partial charge in [-0.2, -0.15) is 0 Å². The lowest BCUT2D eigenvalue weighted by Crippen LogP contribution is -1.98. The summed E-state index contributed by atoms with van der Waals surface area (Å²) >= 11 is 1.89. The van der Waals surface area contributed by atoms with Crippen LogP contribution in [0.3, 0.4) is 0 Å². The van der Waals surface area contributed by atoms with Gasteiger partial charge in [-0.25, -0.2) is 0 Å². The molecule has 0 amide bonds. The van der Waals surface area contributed by atoms with Gasteiger partial charge in [0.25, 0.3) is 0 Å². The molecule has 12 rings (SSSR count). The number of rotatable bonds is 5. The van der Waals surface area contributed by atoms with Crippen molar-refractivity contribution >= 4 is 80.8 Å². The molecule has 0 bridgehead atoms. The maximum atomic E-state index is 2.47. The van der Waals surface area contributed by atoms with Crippen molar-refractivity contribution in [1.82, 2.24) is 9.13 Å². The molecule has 58 heavy (non-hydrogen) atoms. The van der Waals surface area contributed by atoms with E-state index in [9.17, 15) is 0 Å². The van der Waals surface area contributed by atoms with Crippen LogP contribution in [0.5, 0.6) is 0 Å². The molecule has 0 saturated carbocycles. The second-order valence-corrected chi connectivity index (χ2v) is 16.8. The van der Waals surface area contributed by atoms with Gasteiger partial charge in [-0.1, -0.05) is 115 Å². The average molecular weight is 759 g/mol. The van der Waals surface area contributed by atoms with Crippen molar-refractivity contribution in [3.8, 4) is 39.1 Å². The molecule has 0 unspecified atom stereocenters. The van der Waals surface area contributed by atoms with Crippen LogP contribution < -0.4 is 0 Å². The number of benzene rings is 8. The first kappa shape index (κ1) is 33.2. The van der Waals surface area contributed by atoms with E-state index in [1.807, 2.05) is 11.3 Å². The molecule has 0 spiro atoms. The second kappa shape index (κ2) is 13.1. The number of aryl methyl sites for hydroxylation is 1. The number of para-hydroxylation sites is 2. The van der Waals surface area contributed by atoms with Gasteiger partial charge in [0.2, 0.25) is 0 Å². The number of fused-ring (bicyclic) bond motifs is 9. The minimum atomic E-state index is 1.05. The van der Waals surface area contributed by atoms with Crippen LogP contribution in [0.4, 0.5) is 0 Å². The predicted molar refractivity (Wildman–Crippen MR) is 250 cm³/mol. The zero-order valence-electron chi connectivity index (χ0n) is 32.1. The molecule has 0 saturated heterocycles. The number of hydrogen-bond acceptors (Lipinski definition) is 1. The van der Waals surface area contributed by atoms with Crippen LogP contribution >= 0.6 is 11.3 Å². The Labute approximate surface area is 340 Å². The number of hydrogen-bond donors (Lipinski definition) is 0. The summed E-state index contributed by atoms with van der Waals surface area (Å²) in [5, 5.41) is 7.76. The predicted octanol–water partition coefficient (Wildman–Crippen LogP) is 15.8. The molecule has 2 nitrogen and oxygen atoms in total. The molecule has 3 heterocycles. The first-order chi connectivity index (χ1) is 28.7. The first-order valence-corrected chi connectivity index (χ1v) is 21.0. The van der Waals surface area contributed by atoms with Crippen LogP contribution in [-0.2, 0) is 0 Å². The highest BCUT2D eigenvalue weighted by Gasteiger charge is 2.18.